The van der Waals surface area contributed by atoms with Crippen LogP contribution in [0.25, 0.3) is 5.69 Å². The van der Waals surface area contributed by atoms with Crippen molar-refractivity contribution < 1.29 is 0 Å². The highest BCUT2D eigenvalue weighted by Crippen LogP contribution is 2.32. The van der Waals surface area contributed by atoms with E-state index in [0.717, 1.165) is 23.2 Å². The van der Waals surface area contributed by atoms with Crippen LogP contribution in [0, 0.1) is 11.8 Å². The molecule has 2 atom stereocenters. The minimum atomic E-state index is 0.566. The van der Waals surface area contributed by atoms with Crippen LogP contribution in [-0.4, -0.2) is 21.0 Å². The molecule has 1 aliphatic carbocycles. The van der Waals surface area contributed by atoms with Crippen LogP contribution >= 0.6 is 0 Å². The smallest absolute Gasteiger partial charge is 0.0894 e. The van der Waals surface area contributed by atoms with Gasteiger partial charge in [-0.1, -0.05) is 44.0 Å². The summed E-state index contributed by atoms with van der Waals surface area (Å²) in [6, 6.07) is 8.90. The fourth-order valence-corrected chi connectivity index (χ4v) is 3.32. The molecule has 0 bridgehead atoms. The van der Waals surface area contributed by atoms with Gasteiger partial charge in [-0.3, -0.25) is 0 Å². The highest BCUT2D eigenvalue weighted by molar-refractivity contribution is 5.60. The number of nitrogens with one attached hydrogen (secondary N) is 1. The second-order valence-electron chi connectivity index (χ2n) is 6.38. The summed E-state index contributed by atoms with van der Waals surface area (Å²) in [6.07, 6.45) is 8.83. The van der Waals surface area contributed by atoms with Crippen LogP contribution in [0.2, 0.25) is 0 Å². The van der Waals surface area contributed by atoms with Gasteiger partial charge in [0.05, 0.1) is 23.8 Å². The van der Waals surface area contributed by atoms with Crippen LogP contribution in [0.1, 0.15) is 39.5 Å². The maximum Gasteiger partial charge on any atom is 0.0894 e. The van der Waals surface area contributed by atoms with Crippen LogP contribution in [0.3, 0.4) is 0 Å². The molecular weight excluding hydrogens is 260 g/mol. The normalized spacial score (nSPS) is 22.4. The predicted molar refractivity (Wildman–Crippen MR) is 85.6 cm³/mol. The first-order chi connectivity index (χ1) is 10.2. The summed E-state index contributed by atoms with van der Waals surface area (Å²) in [7, 11) is 0. The minimum Gasteiger partial charge on any atom is -0.381 e. The summed E-state index contributed by atoms with van der Waals surface area (Å²) >= 11 is 0. The van der Waals surface area contributed by atoms with Crippen molar-refractivity contribution in [2.24, 2.45) is 11.8 Å². The fraction of sp³-hybridized carbons (Fsp3) is 0.529. The summed E-state index contributed by atoms with van der Waals surface area (Å²) < 4.78 is 1.82. The topological polar surface area (TPSA) is 42.7 Å². The Labute approximate surface area is 126 Å². The number of rotatable bonds is 4. The molecule has 0 aliphatic heterocycles. The van der Waals surface area contributed by atoms with E-state index in [-0.39, 0.29) is 0 Å². The second kappa shape index (κ2) is 6.29. The molecule has 112 valence electrons. The van der Waals surface area contributed by atoms with Crippen LogP contribution in [0.15, 0.2) is 36.7 Å². The lowest BCUT2D eigenvalue weighted by molar-refractivity contribution is 0.264. The van der Waals surface area contributed by atoms with Crippen molar-refractivity contribution >= 4 is 5.69 Å². The molecule has 3 rings (SSSR count). The Hall–Kier alpha value is -1.84. The molecule has 1 aliphatic rings. The molecule has 2 aromatic rings. The van der Waals surface area contributed by atoms with Crippen LogP contribution in [-0.2, 0) is 0 Å². The Balaban J connectivity index is 1.76. The van der Waals surface area contributed by atoms with E-state index in [9.17, 15) is 0 Å². The van der Waals surface area contributed by atoms with Gasteiger partial charge in [-0.15, -0.1) is 5.10 Å². The highest BCUT2D eigenvalue weighted by atomic mass is 15.4. The molecule has 0 amide bonds. The van der Waals surface area contributed by atoms with Gasteiger partial charge in [0.15, 0.2) is 0 Å². The molecule has 2 unspecified atom stereocenters. The van der Waals surface area contributed by atoms with Crippen molar-refractivity contribution in [3.8, 4) is 5.69 Å². The molecule has 0 saturated heterocycles. The monoisotopic (exact) mass is 284 g/mol. The number of benzene rings is 1. The first kappa shape index (κ1) is 14.1. The summed E-state index contributed by atoms with van der Waals surface area (Å²) in [5.41, 5.74) is 2.22. The Bertz CT molecular complexity index is 562. The zero-order valence-corrected chi connectivity index (χ0v) is 12.9. The molecule has 1 aromatic carbocycles. The Morgan fingerprint density at radius 3 is 2.86 bits per heavy atom. The van der Waals surface area contributed by atoms with E-state index in [4.69, 9.17) is 0 Å². The van der Waals surface area contributed by atoms with Crippen molar-refractivity contribution in [2.45, 2.75) is 45.6 Å². The van der Waals surface area contributed by atoms with Gasteiger partial charge in [0.2, 0.25) is 0 Å². The third kappa shape index (κ3) is 3.26. The fourth-order valence-electron chi connectivity index (χ4n) is 3.32. The van der Waals surface area contributed by atoms with Gasteiger partial charge in [0, 0.05) is 6.04 Å². The van der Waals surface area contributed by atoms with E-state index < -0.39 is 0 Å². The van der Waals surface area contributed by atoms with Crippen LogP contribution in [0.4, 0.5) is 5.69 Å². The van der Waals surface area contributed by atoms with Crippen molar-refractivity contribution in [3.63, 3.8) is 0 Å². The number of hydrogen-bond acceptors (Lipinski definition) is 3. The van der Waals surface area contributed by atoms with Gasteiger partial charge in [0.25, 0.3) is 0 Å². The average Bonchev–Trinajstić information content (AvgIpc) is 3.02. The van der Waals surface area contributed by atoms with Crippen molar-refractivity contribution in [1.29, 1.82) is 0 Å². The van der Waals surface area contributed by atoms with Crippen molar-refractivity contribution in [2.75, 3.05) is 5.32 Å². The molecule has 0 spiro atoms. The zero-order valence-electron chi connectivity index (χ0n) is 12.9. The van der Waals surface area contributed by atoms with Gasteiger partial charge in [-0.2, -0.15) is 0 Å². The lowest BCUT2D eigenvalue weighted by atomic mass is 9.79. The van der Waals surface area contributed by atoms with Gasteiger partial charge >= 0.3 is 0 Å². The summed E-state index contributed by atoms with van der Waals surface area (Å²) in [5.74, 6) is 1.62. The van der Waals surface area contributed by atoms with E-state index >= 15 is 0 Å². The number of nitrogens with zero attached hydrogens (tertiary/aromatic N) is 3. The lowest BCUT2D eigenvalue weighted by Gasteiger charge is -2.33. The first-order valence-corrected chi connectivity index (χ1v) is 7.96. The number of aromatic nitrogens is 3. The lowest BCUT2D eigenvalue weighted by Crippen LogP contribution is -2.29. The van der Waals surface area contributed by atoms with Gasteiger partial charge in [0.1, 0.15) is 0 Å². The molecule has 1 aromatic heterocycles. The molecule has 1 fully saturated rings. The summed E-state index contributed by atoms with van der Waals surface area (Å²) in [4.78, 5) is 0. The largest absolute Gasteiger partial charge is 0.381 e. The molecule has 1 heterocycles. The number of hydrogen-bond donors (Lipinski definition) is 1. The molecule has 4 nitrogen and oxygen atoms in total. The van der Waals surface area contributed by atoms with Crippen molar-refractivity contribution in [3.05, 3.63) is 36.7 Å². The molecule has 0 radical (unpaired) electrons. The predicted octanol–water partition coefficient (Wildman–Crippen LogP) is 3.89. The second-order valence-corrected chi connectivity index (χ2v) is 6.38. The molecule has 1 N–H and O–H groups in total. The van der Waals surface area contributed by atoms with E-state index in [2.05, 4.69) is 47.7 Å². The van der Waals surface area contributed by atoms with Gasteiger partial charge in [-0.25, -0.2) is 4.68 Å². The third-order valence-corrected chi connectivity index (χ3v) is 4.59. The number of para-hydroxylation sites is 2. The third-order valence-electron chi connectivity index (χ3n) is 4.59. The highest BCUT2D eigenvalue weighted by Gasteiger charge is 2.24. The number of anilines is 1. The van der Waals surface area contributed by atoms with Crippen LogP contribution in [0.5, 0.6) is 0 Å². The Morgan fingerprint density at radius 2 is 2.10 bits per heavy atom. The van der Waals surface area contributed by atoms with E-state index in [1.165, 1.54) is 25.7 Å². The molecule has 4 heteroatoms. The van der Waals surface area contributed by atoms with Gasteiger partial charge < -0.3 is 5.32 Å². The Morgan fingerprint density at radius 1 is 1.24 bits per heavy atom. The standard InChI is InChI=1S/C17H24N4/c1-13(2)14-6-5-7-15(12-14)19-16-8-3-4-9-17(16)21-11-10-18-20-21/h3-4,8-11,13-15,19H,5-7,12H2,1-2H3. The maximum atomic E-state index is 4.11. The molecule has 1 saturated carbocycles. The SMILES string of the molecule is CC(C)C1CCCC(Nc2ccccc2-n2ccnn2)C1. The zero-order chi connectivity index (χ0) is 14.7. The van der Waals surface area contributed by atoms with Crippen LogP contribution < -0.4 is 5.32 Å². The molecule has 21 heavy (non-hydrogen) atoms. The van der Waals surface area contributed by atoms with Crippen molar-refractivity contribution in [1.82, 2.24) is 15.0 Å². The molecular formula is C17H24N4. The van der Waals surface area contributed by atoms with E-state index in [1.54, 1.807) is 6.20 Å². The Kier molecular flexibility index (Phi) is 4.23. The first-order valence-electron chi connectivity index (χ1n) is 7.96. The van der Waals surface area contributed by atoms with E-state index in [0.29, 0.717) is 6.04 Å². The average molecular weight is 284 g/mol. The quantitative estimate of drug-likeness (QED) is 0.926. The summed E-state index contributed by atoms with van der Waals surface area (Å²) in [5, 5.41) is 11.8. The minimum absolute atomic E-state index is 0.566. The maximum absolute atomic E-state index is 4.11. The summed E-state index contributed by atoms with van der Waals surface area (Å²) in [6.45, 7) is 4.69. The van der Waals surface area contributed by atoms with E-state index in [1.807, 2.05) is 16.9 Å². The van der Waals surface area contributed by atoms with Gasteiger partial charge in [-0.05, 0) is 36.8 Å².